The van der Waals surface area contributed by atoms with Crippen molar-refractivity contribution in [3.8, 4) is 22.9 Å². The molecular formula is C22H16FN7O2. The lowest BCUT2D eigenvalue weighted by Crippen LogP contribution is -2.24. The van der Waals surface area contributed by atoms with Crippen molar-refractivity contribution in [3.05, 3.63) is 96.8 Å². The number of amides is 1. The molecule has 1 amide bonds. The lowest BCUT2D eigenvalue weighted by molar-refractivity contribution is 0.0946. The van der Waals surface area contributed by atoms with E-state index in [4.69, 9.17) is 4.52 Å². The molecule has 0 fully saturated rings. The average Bonchev–Trinajstić information content (AvgIpc) is 3.59. The maximum absolute atomic E-state index is 14.4. The summed E-state index contributed by atoms with van der Waals surface area (Å²) in [6.45, 7) is 0.0207. The van der Waals surface area contributed by atoms with E-state index in [1.165, 1.54) is 16.9 Å². The highest BCUT2D eigenvalue weighted by Crippen LogP contribution is 2.22. The van der Waals surface area contributed by atoms with Crippen LogP contribution in [0.4, 0.5) is 4.39 Å². The largest absolute Gasteiger partial charge is 0.343 e. The summed E-state index contributed by atoms with van der Waals surface area (Å²) in [6, 6.07) is 13.4. The van der Waals surface area contributed by atoms with Crippen molar-refractivity contribution in [2.75, 3.05) is 0 Å². The van der Waals surface area contributed by atoms with E-state index in [1.54, 1.807) is 71.8 Å². The quantitative estimate of drug-likeness (QED) is 0.445. The molecule has 0 aliphatic carbocycles. The number of rotatable bonds is 6. The van der Waals surface area contributed by atoms with Crippen LogP contribution >= 0.6 is 0 Å². The van der Waals surface area contributed by atoms with E-state index in [0.29, 0.717) is 11.6 Å². The zero-order valence-corrected chi connectivity index (χ0v) is 16.6. The molecule has 9 nitrogen and oxygen atoms in total. The van der Waals surface area contributed by atoms with Crippen molar-refractivity contribution in [1.82, 2.24) is 34.8 Å². The van der Waals surface area contributed by atoms with Gasteiger partial charge in [0, 0.05) is 30.4 Å². The maximum atomic E-state index is 14.4. The van der Waals surface area contributed by atoms with Crippen LogP contribution in [0.5, 0.6) is 0 Å². The second-order valence-electron chi connectivity index (χ2n) is 6.77. The van der Waals surface area contributed by atoms with Gasteiger partial charge >= 0.3 is 0 Å². The minimum atomic E-state index is -0.453. The smallest absolute Gasteiger partial charge is 0.257 e. The van der Waals surface area contributed by atoms with Crippen LogP contribution in [0.15, 0.2) is 84.0 Å². The molecule has 0 saturated heterocycles. The first-order valence-corrected chi connectivity index (χ1v) is 9.68. The predicted molar refractivity (Wildman–Crippen MR) is 112 cm³/mol. The van der Waals surface area contributed by atoms with E-state index in [2.05, 4.69) is 25.5 Å². The number of carbonyl (C=O) groups excluding carboxylic acids is 1. The molecule has 0 saturated carbocycles. The number of nitrogens with zero attached hydrogens (tertiary/aromatic N) is 6. The molecule has 158 valence electrons. The van der Waals surface area contributed by atoms with E-state index >= 15 is 0 Å². The van der Waals surface area contributed by atoms with Crippen molar-refractivity contribution < 1.29 is 13.7 Å². The summed E-state index contributed by atoms with van der Waals surface area (Å²) in [4.78, 5) is 21.2. The molecule has 32 heavy (non-hydrogen) atoms. The summed E-state index contributed by atoms with van der Waals surface area (Å²) >= 11 is 0. The van der Waals surface area contributed by atoms with Gasteiger partial charge in [-0.1, -0.05) is 17.3 Å². The van der Waals surface area contributed by atoms with Crippen molar-refractivity contribution in [1.29, 1.82) is 0 Å². The number of pyridine rings is 1. The van der Waals surface area contributed by atoms with Gasteiger partial charge in [-0.3, -0.25) is 9.78 Å². The molecule has 10 heteroatoms. The Morgan fingerprint density at radius 1 is 1.06 bits per heavy atom. The maximum Gasteiger partial charge on any atom is 0.257 e. The second kappa shape index (κ2) is 8.26. The van der Waals surface area contributed by atoms with Crippen molar-refractivity contribution >= 4 is 5.91 Å². The summed E-state index contributed by atoms with van der Waals surface area (Å²) in [7, 11) is 0. The minimum Gasteiger partial charge on any atom is -0.343 e. The van der Waals surface area contributed by atoms with Gasteiger partial charge < -0.3 is 14.4 Å². The third-order valence-electron chi connectivity index (χ3n) is 4.72. The Kier molecular flexibility index (Phi) is 5.00. The summed E-state index contributed by atoms with van der Waals surface area (Å²) in [5.74, 6) is 0.178. The molecule has 0 unspecified atom stereocenters. The van der Waals surface area contributed by atoms with Gasteiger partial charge in [0.1, 0.15) is 17.1 Å². The van der Waals surface area contributed by atoms with E-state index in [0.717, 1.165) is 5.56 Å². The number of halogens is 1. The van der Waals surface area contributed by atoms with Crippen molar-refractivity contribution in [2.45, 2.75) is 6.54 Å². The van der Waals surface area contributed by atoms with Gasteiger partial charge in [-0.25, -0.2) is 9.07 Å². The van der Waals surface area contributed by atoms with Crippen molar-refractivity contribution in [2.24, 2.45) is 0 Å². The number of aromatic nitrogens is 6. The lowest BCUT2D eigenvalue weighted by Gasteiger charge is -2.11. The first-order chi connectivity index (χ1) is 15.7. The van der Waals surface area contributed by atoms with Crippen LogP contribution in [-0.4, -0.2) is 35.4 Å². The Morgan fingerprint density at radius 3 is 2.62 bits per heavy atom. The summed E-state index contributed by atoms with van der Waals surface area (Å²) in [5, 5.41) is 10.9. The van der Waals surface area contributed by atoms with Crippen LogP contribution in [-0.2, 0) is 6.54 Å². The lowest BCUT2D eigenvalue weighted by atomic mass is 10.2. The molecular weight excluding hydrogens is 413 g/mol. The van der Waals surface area contributed by atoms with Crippen LogP contribution in [0.1, 0.15) is 16.2 Å². The fraction of sp³-hybridized carbons (Fsp3) is 0.0455. The topological polar surface area (TPSA) is 104 Å². The SMILES string of the molecule is O=C(NCc1nc(-c2ccncc2)no1)c1cnn(-c2ccccc2F)c1-n1cccc1. The molecule has 0 aliphatic heterocycles. The van der Waals surface area contributed by atoms with E-state index in [-0.39, 0.29) is 23.7 Å². The molecule has 0 atom stereocenters. The van der Waals surface area contributed by atoms with E-state index in [9.17, 15) is 9.18 Å². The van der Waals surface area contributed by atoms with Crippen LogP contribution < -0.4 is 5.32 Å². The Balaban J connectivity index is 1.41. The number of carbonyl (C=O) groups is 1. The zero-order valence-electron chi connectivity index (χ0n) is 16.6. The second-order valence-corrected chi connectivity index (χ2v) is 6.77. The average molecular weight is 429 g/mol. The molecule has 1 N–H and O–H groups in total. The normalized spacial score (nSPS) is 10.9. The van der Waals surface area contributed by atoms with Crippen LogP contribution in [0.2, 0.25) is 0 Å². The van der Waals surface area contributed by atoms with Gasteiger partial charge in [0.05, 0.1) is 12.7 Å². The zero-order chi connectivity index (χ0) is 21.9. The van der Waals surface area contributed by atoms with Crippen LogP contribution in [0.3, 0.4) is 0 Å². The molecule has 4 aromatic heterocycles. The van der Waals surface area contributed by atoms with Gasteiger partial charge in [0.25, 0.3) is 5.91 Å². The highest BCUT2D eigenvalue weighted by molar-refractivity contribution is 5.97. The van der Waals surface area contributed by atoms with E-state index < -0.39 is 11.7 Å². The van der Waals surface area contributed by atoms with Gasteiger partial charge in [-0.15, -0.1) is 0 Å². The Morgan fingerprint density at radius 2 is 1.84 bits per heavy atom. The highest BCUT2D eigenvalue weighted by Gasteiger charge is 2.21. The summed E-state index contributed by atoms with van der Waals surface area (Å²) in [5.41, 5.74) is 1.25. The Bertz CT molecular complexity index is 1360. The first-order valence-electron chi connectivity index (χ1n) is 9.68. The summed E-state index contributed by atoms with van der Waals surface area (Å²) in [6.07, 6.45) is 8.16. The molecule has 4 heterocycles. The summed E-state index contributed by atoms with van der Waals surface area (Å²) < 4.78 is 22.7. The molecule has 0 aliphatic rings. The number of benzene rings is 1. The Labute approximate surface area is 181 Å². The van der Waals surface area contributed by atoms with Crippen LogP contribution in [0, 0.1) is 5.82 Å². The monoisotopic (exact) mass is 429 g/mol. The highest BCUT2D eigenvalue weighted by atomic mass is 19.1. The Hall–Kier alpha value is -4.60. The molecule has 0 radical (unpaired) electrons. The van der Waals surface area contributed by atoms with Gasteiger partial charge in [-0.05, 0) is 36.4 Å². The predicted octanol–water partition coefficient (Wildman–Crippen LogP) is 3.18. The van der Waals surface area contributed by atoms with Gasteiger partial charge in [-0.2, -0.15) is 10.1 Å². The van der Waals surface area contributed by atoms with E-state index in [1.807, 2.05) is 0 Å². The third-order valence-corrected chi connectivity index (χ3v) is 4.72. The molecule has 5 rings (SSSR count). The van der Waals surface area contributed by atoms with Gasteiger partial charge in [0.2, 0.25) is 11.7 Å². The standard InChI is InChI=1S/C22H16FN7O2/c23-17-5-1-2-6-18(17)30-22(29-11-3-4-12-29)16(13-26-30)21(31)25-14-19-27-20(28-32-19)15-7-9-24-10-8-15/h1-13H,14H2,(H,25,31). The number of hydrogen-bond donors (Lipinski definition) is 1. The third kappa shape index (κ3) is 3.65. The fourth-order valence-electron chi connectivity index (χ4n) is 3.22. The molecule has 0 bridgehead atoms. The fourth-order valence-corrected chi connectivity index (χ4v) is 3.22. The molecule has 1 aromatic carbocycles. The van der Waals surface area contributed by atoms with Crippen molar-refractivity contribution in [3.63, 3.8) is 0 Å². The number of para-hydroxylation sites is 1. The van der Waals surface area contributed by atoms with Gasteiger partial charge in [0.15, 0.2) is 5.82 Å². The minimum absolute atomic E-state index is 0.0207. The first kappa shape index (κ1) is 19.4. The number of nitrogens with one attached hydrogen (secondary N) is 1. The number of hydrogen-bond acceptors (Lipinski definition) is 6. The van der Waals surface area contributed by atoms with Crippen LogP contribution in [0.25, 0.3) is 22.9 Å². The molecule has 0 spiro atoms. The molecule has 5 aromatic rings.